The zero-order chi connectivity index (χ0) is 27.4. The second-order valence-electron chi connectivity index (χ2n) is 9.39. The summed E-state index contributed by atoms with van der Waals surface area (Å²) in [4.78, 5) is 15.5. The first-order chi connectivity index (χ1) is 18.9. The highest BCUT2D eigenvalue weighted by Gasteiger charge is 2.35. The molecule has 0 radical (unpaired) electrons. The second kappa shape index (κ2) is 12.1. The smallest absolute Gasteiger partial charge is 0.320 e. The van der Waals surface area contributed by atoms with E-state index in [-0.39, 0.29) is 12.0 Å². The Labute approximate surface area is 233 Å². The van der Waals surface area contributed by atoms with E-state index in [0.29, 0.717) is 47.8 Å². The molecular formula is C29H28BrF2N5O2. The van der Waals surface area contributed by atoms with Crippen LogP contribution < -0.4 is 10.6 Å². The van der Waals surface area contributed by atoms with Crippen molar-refractivity contribution in [3.63, 3.8) is 0 Å². The van der Waals surface area contributed by atoms with Crippen molar-refractivity contribution in [2.75, 3.05) is 38.7 Å². The summed E-state index contributed by atoms with van der Waals surface area (Å²) in [5.41, 5.74) is 2.84. The van der Waals surface area contributed by atoms with Gasteiger partial charge in [0.1, 0.15) is 17.3 Å². The number of carbonyl (C=O) groups is 1. The molecule has 10 heteroatoms. The number of rotatable bonds is 8. The molecule has 0 aliphatic carbocycles. The molecule has 2 atom stereocenters. The fourth-order valence-electron chi connectivity index (χ4n) is 4.92. The summed E-state index contributed by atoms with van der Waals surface area (Å²) < 4.78 is 35.6. The van der Waals surface area contributed by atoms with E-state index in [1.807, 2.05) is 60.7 Å². The van der Waals surface area contributed by atoms with E-state index in [9.17, 15) is 13.6 Å². The van der Waals surface area contributed by atoms with E-state index in [4.69, 9.17) is 9.84 Å². The summed E-state index contributed by atoms with van der Waals surface area (Å²) in [5, 5.41) is 10.8. The number of likely N-dealkylation sites (tertiary alicyclic amines) is 1. The SMILES string of the molecule is COCCN1C[C@@H](NC(=O)Nc2c(Br)c(-c3ccccc3)nn2-c2ccccc2)[C@H](c2cc(F)cc(F)c2)C1. The van der Waals surface area contributed by atoms with Crippen molar-refractivity contribution in [2.45, 2.75) is 12.0 Å². The fourth-order valence-corrected chi connectivity index (χ4v) is 5.49. The molecule has 2 heterocycles. The summed E-state index contributed by atoms with van der Waals surface area (Å²) in [6.07, 6.45) is 0. The maximum absolute atomic E-state index is 14.1. The van der Waals surface area contributed by atoms with Gasteiger partial charge < -0.3 is 10.1 Å². The number of nitrogens with one attached hydrogen (secondary N) is 2. The van der Waals surface area contributed by atoms with Gasteiger partial charge in [-0.05, 0) is 45.8 Å². The average Bonchev–Trinajstić information content (AvgIpc) is 3.48. The highest BCUT2D eigenvalue weighted by atomic mass is 79.9. The van der Waals surface area contributed by atoms with Crippen molar-refractivity contribution in [3.8, 4) is 16.9 Å². The van der Waals surface area contributed by atoms with Crippen molar-refractivity contribution in [1.82, 2.24) is 20.0 Å². The number of methoxy groups -OCH3 is 1. The third kappa shape index (κ3) is 6.19. The number of carbonyl (C=O) groups excluding carboxylic acids is 1. The van der Waals surface area contributed by atoms with Crippen LogP contribution in [0.5, 0.6) is 0 Å². The summed E-state index contributed by atoms with van der Waals surface area (Å²) in [5.74, 6) is -1.14. The number of benzene rings is 3. The van der Waals surface area contributed by atoms with E-state index in [1.165, 1.54) is 12.1 Å². The minimum atomic E-state index is -0.646. The molecule has 3 aromatic carbocycles. The molecule has 1 fully saturated rings. The van der Waals surface area contributed by atoms with Crippen LogP contribution in [0.3, 0.4) is 0 Å². The van der Waals surface area contributed by atoms with E-state index in [0.717, 1.165) is 17.3 Å². The van der Waals surface area contributed by atoms with Gasteiger partial charge in [-0.3, -0.25) is 10.2 Å². The van der Waals surface area contributed by atoms with Crippen molar-refractivity contribution >= 4 is 27.8 Å². The Morgan fingerprint density at radius 2 is 1.69 bits per heavy atom. The monoisotopic (exact) mass is 595 g/mol. The molecule has 39 heavy (non-hydrogen) atoms. The largest absolute Gasteiger partial charge is 0.383 e. The summed E-state index contributed by atoms with van der Waals surface area (Å²) >= 11 is 3.65. The molecule has 1 aliphatic rings. The molecule has 5 rings (SSSR count). The molecule has 4 aromatic rings. The molecule has 1 aromatic heterocycles. The number of aromatic nitrogens is 2. The number of hydrogen-bond acceptors (Lipinski definition) is 4. The lowest BCUT2D eigenvalue weighted by Gasteiger charge is -2.21. The lowest BCUT2D eigenvalue weighted by atomic mass is 9.94. The Morgan fingerprint density at radius 1 is 1.03 bits per heavy atom. The summed E-state index contributed by atoms with van der Waals surface area (Å²) in [7, 11) is 1.62. The van der Waals surface area contributed by atoms with Gasteiger partial charge in [0.15, 0.2) is 5.82 Å². The molecule has 7 nitrogen and oxygen atoms in total. The number of ether oxygens (including phenoxy) is 1. The third-order valence-corrected chi connectivity index (χ3v) is 7.50. The van der Waals surface area contributed by atoms with E-state index >= 15 is 0 Å². The highest BCUT2D eigenvalue weighted by Crippen LogP contribution is 2.36. The van der Waals surface area contributed by atoms with Crippen LogP contribution in [-0.2, 0) is 4.74 Å². The quantitative estimate of drug-likeness (QED) is 0.269. The average molecular weight is 596 g/mol. The lowest BCUT2D eigenvalue weighted by molar-refractivity contribution is 0.159. The molecule has 0 saturated carbocycles. The Bertz CT molecular complexity index is 1410. The number of hydrogen-bond donors (Lipinski definition) is 2. The minimum absolute atomic E-state index is 0.305. The van der Waals surface area contributed by atoms with Gasteiger partial charge >= 0.3 is 6.03 Å². The van der Waals surface area contributed by atoms with Crippen LogP contribution in [0.1, 0.15) is 11.5 Å². The standard InChI is InChI=1S/C29H28BrF2N5O2/c1-39-13-12-36-17-24(20-14-21(31)16-22(32)15-20)25(18-36)33-29(38)34-28-26(30)27(19-8-4-2-5-9-19)35-37(28)23-10-6-3-7-11-23/h2-11,14-16,24-25H,12-13,17-18H2,1H3,(H2,33,34,38)/t24-,25+/m0/s1. The maximum atomic E-state index is 14.1. The Kier molecular flexibility index (Phi) is 8.35. The Balaban J connectivity index is 1.42. The first kappa shape index (κ1) is 27.0. The molecule has 2 N–H and O–H groups in total. The zero-order valence-electron chi connectivity index (χ0n) is 21.3. The number of para-hydroxylation sites is 1. The summed E-state index contributed by atoms with van der Waals surface area (Å²) in [6.45, 7) is 2.18. The third-order valence-electron chi connectivity index (χ3n) is 6.74. The molecular weight excluding hydrogens is 568 g/mol. The molecule has 0 unspecified atom stereocenters. The number of halogens is 3. The van der Waals surface area contributed by atoms with Gasteiger partial charge in [0.05, 0.1) is 22.8 Å². The minimum Gasteiger partial charge on any atom is -0.383 e. The van der Waals surface area contributed by atoms with Crippen LogP contribution in [-0.4, -0.2) is 60.1 Å². The van der Waals surface area contributed by atoms with Crippen LogP contribution in [0.4, 0.5) is 19.4 Å². The van der Waals surface area contributed by atoms with E-state index in [1.54, 1.807) is 11.8 Å². The van der Waals surface area contributed by atoms with Crippen LogP contribution in [0.2, 0.25) is 0 Å². The number of anilines is 1. The fraction of sp³-hybridized carbons (Fsp3) is 0.241. The molecule has 1 saturated heterocycles. The summed E-state index contributed by atoms with van der Waals surface area (Å²) in [6, 6.07) is 21.8. The number of amides is 2. The van der Waals surface area contributed by atoms with Crippen LogP contribution in [0, 0.1) is 11.6 Å². The van der Waals surface area contributed by atoms with E-state index in [2.05, 4.69) is 31.5 Å². The lowest BCUT2D eigenvalue weighted by Crippen LogP contribution is -2.42. The Morgan fingerprint density at radius 3 is 2.36 bits per heavy atom. The van der Waals surface area contributed by atoms with E-state index < -0.39 is 17.7 Å². The van der Waals surface area contributed by atoms with Gasteiger partial charge in [0, 0.05) is 44.3 Å². The van der Waals surface area contributed by atoms with Crippen LogP contribution in [0.15, 0.2) is 83.3 Å². The normalized spacial score (nSPS) is 17.3. The van der Waals surface area contributed by atoms with Gasteiger partial charge in [-0.1, -0.05) is 48.5 Å². The van der Waals surface area contributed by atoms with Crippen LogP contribution >= 0.6 is 15.9 Å². The molecule has 202 valence electrons. The predicted molar refractivity (Wildman–Crippen MR) is 150 cm³/mol. The van der Waals surface area contributed by atoms with Gasteiger partial charge in [0.2, 0.25) is 0 Å². The molecule has 0 bridgehead atoms. The first-order valence-corrected chi connectivity index (χ1v) is 13.4. The number of nitrogens with zero attached hydrogens (tertiary/aromatic N) is 3. The van der Waals surface area contributed by atoms with Crippen molar-refractivity contribution in [3.05, 3.63) is 101 Å². The maximum Gasteiger partial charge on any atom is 0.320 e. The second-order valence-corrected chi connectivity index (χ2v) is 10.2. The molecule has 2 amide bonds. The number of urea groups is 1. The van der Waals surface area contributed by atoms with Crippen molar-refractivity contribution in [1.29, 1.82) is 0 Å². The van der Waals surface area contributed by atoms with Gasteiger partial charge in [-0.2, -0.15) is 5.10 Å². The van der Waals surface area contributed by atoms with Crippen molar-refractivity contribution < 1.29 is 18.3 Å². The Hall–Kier alpha value is -3.60. The van der Waals surface area contributed by atoms with Gasteiger partial charge in [0.25, 0.3) is 0 Å². The topological polar surface area (TPSA) is 71.4 Å². The van der Waals surface area contributed by atoms with Gasteiger partial charge in [-0.25, -0.2) is 18.3 Å². The first-order valence-electron chi connectivity index (χ1n) is 12.6. The van der Waals surface area contributed by atoms with Gasteiger partial charge in [-0.15, -0.1) is 0 Å². The highest BCUT2D eigenvalue weighted by molar-refractivity contribution is 9.10. The zero-order valence-corrected chi connectivity index (χ0v) is 22.9. The molecule has 1 aliphatic heterocycles. The predicted octanol–water partition coefficient (Wildman–Crippen LogP) is 5.82. The van der Waals surface area contributed by atoms with Crippen molar-refractivity contribution in [2.24, 2.45) is 0 Å². The van der Waals surface area contributed by atoms with Crippen LogP contribution in [0.25, 0.3) is 16.9 Å². The molecule has 0 spiro atoms.